The molecule has 0 rings (SSSR count). The van der Waals surface area contributed by atoms with E-state index in [1.807, 2.05) is 132 Å². The van der Waals surface area contributed by atoms with Gasteiger partial charge in [0.2, 0.25) is 0 Å². The number of carbonyl (C=O) groups excluding carboxylic acids is 2. The molecule has 0 aliphatic rings. The second kappa shape index (κ2) is 226. The predicted octanol–water partition coefficient (Wildman–Crippen LogP) is 14.0. The number of rotatable bonds is 11. The number of aliphatic hydroxyl groups is 3. The quantitative estimate of drug-likeness (QED) is 0.0609. The Balaban J connectivity index is -0.0000000230. The molecule has 0 radical (unpaired) electrons. The zero-order valence-electron chi connectivity index (χ0n) is 40.2. The third-order valence-electron chi connectivity index (χ3n) is 1.95. The van der Waals surface area contributed by atoms with Crippen LogP contribution in [0, 0.1) is 48.4 Å². The van der Waals surface area contributed by atoms with Crippen molar-refractivity contribution < 1.29 is 29.6 Å². The Bertz CT molecular complexity index is 637. The number of esters is 1. The summed E-state index contributed by atoms with van der Waals surface area (Å²) in [5.74, 6) is 17.3. The van der Waals surface area contributed by atoms with Crippen LogP contribution in [0.3, 0.4) is 0 Å². The van der Waals surface area contributed by atoms with Crippen molar-refractivity contribution in [2.75, 3.05) is 36.6 Å². The number of aliphatic hydroxyl groups excluding tert-OH is 3. The number of hydrogen-bond donors (Lipinski definition) is 3. The Morgan fingerprint density at radius 2 is 0.873 bits per heavy atom. The van der Waals surface area contributed by atoms with Crippen molar-refractivity contribution >= 4 is 80.0 Å². The van der Waals surface area contributed by atoms with Crippen molar-refractivity contribution in [2.45, 2.75) is 191 Å². The van der Waals surface area contributed by atoms with E-state index in [4.69, 9.17) is 26.5 Å². The molecule has 0 aromatic carbocycles. The van der Waals surface area contributed by atoms with E-state index in [0.717, 1.165) is 36.6 Å². The van der Waals surface area contributed by atoms with Crippen molar-refractivity contribution in [3.8, 4) is 48.4 Å². The minimum atomic E-state index is -0.269. The molecule has 0 saturated heterocycles. The third-order valence-corrected chi connectivity index (χ3v) is 7.47. The van der Waals surface area contributed by atoms with Crippen molar-refractivity contribution in [2.24, 2.45) is 0 Å². The van der Waals surface area contributed by atoms with Gasteiger partial charge < -0.3 is 15.3 Å². The number of carbonyl (C=O) groups is 2. The van der Waals surface area contributed by atoms with Crippen LogP contribution in [0.2, 0.25) is 4.08 Å². The van der Waals surface area contributed by atoms with Gasteiger partial charge in [0.05, 0.1) is 5.94 Å². The van der Waals surface area contributed by atoms with Crippen LogP contribution in [-0.2, 0) is 14.3 Å². The maximum absolute atomic E-state index is 11.0. The molecule has 0 saturated carbocycles. The maximum atomic E-state index is 11.0. The van der Waals surface area contributed by atoms with Crippen LogP contribution >= 0.6 is 43.2 Å². The molecule has 3 N–H and O–H groups in total. The van der Waals surface area contributed by atoms with Gasteiger partial charge in [-0.3, -0.25) is 0 Å². The van der Waals surface area contributed by atoms with Crippen LogP contribution in [0.4, 0.5) is 0 Å². The molecule has 0 fully saturated rings. The van der Waals surface area contributed by atoms with Crippen LogP contribution in [0.5, 0.6) is 0 Å². The topological polar surface area (TPSA) is 104 Å². The first kappa shape index (κ1) is 105. The summed E-state index contributed by atoms with van der Waals surface area (Å²) in [6.45, 7) is 47.0. The van der Waals surface area contributed by atoms with Gasteiger partial charge in [-0.15, -0.1) is 30.6 Å². The summed E-state index contributed by atoms with van der Waals surface area (Å²) in [5.41, 5.74) is 0. The van der Waals surface area contributed by atoms with E-state index in [1.54, 1.807) is 49.3 Å². The molecular weight excluding hydrogens is 962 g/mol. The SMILES string of the molecule is C.C#CC.C#CC#CC.CC.CC.CC.CC.CC.CC.CC.CC.CC#CC.CCO.CCO.CCSSCO.CCSSCOC(=O)CCC(=O)[CH2][PoH]. The van der Waals surface area contributed by atoms with Gasteiger partial charge >= 0.3 is 108 Å². The van der Waals surface area contributed by atoms with Crippen molar-refractivity contribution in [1.29, 1.82) is 0 Å². The summed E-state index contributed by atoms with van der Waals surface area (Å²) in [4.78, 5) is 21.9. The Kier molecular flexibility index (Phi) is 433. The molecule has 0 atom stereocenters. The van der Waals surface area contributed by atoms with Gasteiger partial charge in [-0.05, 0) is 53.4 Å². The van der Waals surface area contributed by atoms with Crippen molar-refractivity contribution in [1.82, 2.24) is 0 Å². The molecule has 0 bridgehead atoms. The van der Waals surface area contributed by atoms with Gasteiger partial charge in [-0.25, -0.2) is 0 Å². The molecular formula is C44H100O6PoS4. The average molecular weight is 1060 g/mol. The number of ether oxygens (including phenoxy) is 1. The number of Topliss-reactive ketones (excluding diaryl/α,β-unsaturated/α-hetero) is 1. The fraction of sp³-hybridized carbons (Fsp3) is 0.773. The van der Waals surface area contributed by atoms with Crippen LogP contribution < -0.4 is 0 Å². The molecule has 0 spiro atoms. The Morgan fingerprint density at radius 1 is 0.582 bits per heavy atom. The number of ketones is 1. The van der Waals surface area contributed by atoms with Gasteiger partial charge in [0, 0.05) is 19.0 Å². The normalized spacial score (nSPS) is 5.71. The summed E-state index contributed by atoms with van der Waals surface area (Å²) in [5, 5.41) is 23.3. The zero-order chi connectivity index (χ0) is 47.3. The predicted molar refractivity (Wildman–Crippen MR) is 275 cm³/mol. The molecule has 0 heterocycles. The fourth-order valence-electron chi connectivity index (χ4n) is 0.793. The summed E-state index contributed by atoms with van der Waals surface area (Å²) in [6, 6.07) is 0. The van der Waals surface area contributed by atoms with Gasteiger partial charge in [0.25, 0.3) is 0 Å². The molecule has 11 heteroatoms. The van der Waals surface area contributed by atoms with E-state index in [-0.39, 0.29) is 44.8 Å². The first-order valence-electron chi connectivity index (χ1n) is 19.4. The Morgan fingerprint density at radius 3 is 1.04 bits per heavy atom. The van der Waals surface area contributed by atoms with E-state index in [1.165, 1.54) is 21.6 Å². The molecule has 0 unspecified atom stereocenters. The first-order valence-corrected chi connectivity index (χ1v) is 26.8. The molecule has 0 aliphatic heterocycles. The van der Waals surface area contributed by atoms with Crippen LogP contribution in [0.1, 0.15) is 186 Å². The van der Waals surface area contributed by atoms with E-state index < -0.39 is 0 Å². The number of hydrogen-bond acceptors (Lipinski definition) is 10. The van der Waals surface area contributed by atoms with Gasteiger partial charge in [-0.1, -0.05) is 153 Å². The van der Waals surface area contributed by atoms with Gasteiger partial charge in [0.15, 0.2) is 0 Å². The van der Waals surface area contributed by atoms with Crippen LogP contribution in [-0.4, -0.2) is 88.7 Å². The molecule has 0 aromatic rings. The van der Waals surface area contributed by atoms with Crippen LogP contribution in [0.25, 0.3) is 0 Å². The minimum absolute atomic E-state index is 0. The Labute approximate surface area is 382 Å². The van der Waals surface area contributed by atoms with E-state index in [0.29, 0.717) is 16.4 Å². The summed E-state index contributed by atoms with van der Waals surface area (Å²) < 4.78 is 5.50. The Hall–Kier alpha value is -0.444. The first-order chi connectivity index (χ1) is 26.2. The van der Waals surface area contributed by atoms with E-state index in [9.17, 15) is 9.59 Å². The van der Waals surface area contributed by atoms with E-state index >= 15 is 0 Å². The molecule has 0 amide bonds. The van der Waals surface area contributed by atoms with Crippen LogP contribution in [0.15, 0.2) is 0 Å². The second-order valence-electron chi connectivity index (χ2n) is 4.95. The van der Waals surface area contributed by atoms with Gasteiger partial charge in [-0.2, -0.15) is 0 Å². The summed E-state index contributed by atoms with van der Waals surface area (Å²) >= 11 is 1.06. The van der Waals surface area contributed by atoms with Crippen molar-refractivity contribution in [3.63, 3.8) is 0 Å². The molecule has 0 aliphatic carbocycles. The van der Waals surface area contributed by atoms with Gasteiger partial charge in [0.1, 0.15) is 0 Å². The molecule has 55 heavy (non-hydrogen) atoms. The number of terminal acetylenes is 2. The molecule has 6 nitrogen and oxygen atoms in total. The second-order valence-corrected chi connectivity index (χ2v) is 11.6. The zero-order valence-corrected chi connectivity index (χ0v) is 46.9. The fourth-order valence-corrected chi connectivity index (χ4v) is 3.63. The monoisotopic (exact) mass is 1060 g/mol. The summed E-state index contributed by atoms with van der Waals surface area (Å²) in [7, 11) is 6.33. The van der Waals surface area contributed by atoms with E-state index in [2.05, 4.69) is 48.9 Å². The molecule has 342 valence electrons. The van der Waals surface area contributed by atoms with Crippen molar-refractivity contribution in [3.05, 3.63) is 0 Å². The third kappa shape index (κ3) is 413. The summed E-state index contributed by atoms with van der Waals surface area (Å²) in [6.07, 6.45) is 9.88. The average Bonchev–Trinajstić information content (AvgIpc) is 3.25. The molecule has 0 aromatic heterocycles. The standard InChI is InChI=1S/C8H13O3S2.C5H4.C4H6.C3H8OS2.C3H4.2C2H6O.8C2H6.CH4.Po.H/c1-3-12-13-6-11-8(10)5-4-7(2)9;1-3-5-4-2;1-3-4-2;1-2-5-6-3-4;1-3-2;2*1-2-3;8*1-2;;;/h2-6H2,1H3;1H,2H3;1-2H3;4H,2-3H2,1H3;1H,2H3;2*3H,2H2,1H3;8*1-2H3;1H4;;.